The highest BCUT2D eigenvalue weighted by Gasteiger charge is 2.25. The van der Waals surface area contributed by atoms with Crippen molar-refractivity contribution in [1.82, 2.24) is 0 Å². The van der Waals surface area contributed by atoms with Crippen LogP contribution in [0.5, 0.6) is 0 Å². The Morgan fingerprint density at radius 2 is 2.00 bits per heavy atom. The van der Waals surface area contributed by atoms with E-state index in [2.05, 4.69) is 4.74 Å². The first-order valence-electron chi connectivity index (χ1n) is 4.28. The molecule has 0 aliphatic rings. The summed E-state index contributed by atoms with van der Waals surface area (Å²) < 4.78 is 16.0. The summed E-state index contributed by atoms with van der Waals surface area (Å²) in [6.45, 7) is 3.52. The van der Waals surface area contributed by atoms with E-state index in [0.717, 1.165) is 0 Å². The highest BCUT2D eigenvalue weighted by atomic mass is 32.2. The summed E-state index contributed by atoms with van der Waals surface area (Å²) in [6, 6.07) is 0. The summed E-state index contributed by atoms with van der Waals surface area (Å²) in [5, 5.41) is 7.57. The quantitative estimate of drug-likeness (QED) is 0.647. The predicted molar refractivity (Wildman–Crippen MR) is 51.4 cm³/mol. The van der Waals surface area contributed by atoms with Crippen LogP contribution in [0.25, 0.3) is 0 Å². The smallest absolute Gasteiger partial charge is 0.321 e. The van der Waals surface area contributed by atoms with Gasteiger partial charge in [-0.3, -0.25) is 13.8 Å². The number of carboxylic acids is 1. The van der Waals surface area contributed by atoms with Crippen LogP contribution in [0.3, 0.4) is 0 Å². The summed E-state index contributed by atoms with van der Waals surface area (Å²) in [5.41, 5.74) is 0. The minimum atomic E-state index is -1.69. The highest BCUT2D eigenvalue weighted by molar-refractivity contribution is 7.87. The number of carbonyl (C=O) groups is 2. The Kier molecular flexibility index (Phi) is 6.11. The van der Waals surface area contributed by atoms with Crippen LogP contribution in [0.1, 0.15) is 20.3 Å². The fourth-order valence-electron chi connectivity index (χ4n) is 0.917. The van der Waals surface area contributed by atoms with E-state index in [1.807, 2.05) is 0 Å². The van der Waals surface area contributed by atoms with Gasteiger partial charge in [0.15, 0.2) is 0 Å². The number of carboxylic acid groups (broad SMARTS) is 1. The third kappa shape index (κ3) is 4.36. The SMILES string of the molecule is CCOC(=O)C(CC)S(=O)CC(=O)O. The number of hydrogen-bond donors (Lipinski definition) is 1. The molecule has 0 rings (SSSR count). The van der Waals surface area contributed by atoms with Crippen LogP contribution in [0.15, 0.2) is 0 Å². The van der Waals surface area contributed by atoms with Gasteiger partial charge in [-0.05, 0) is 13.3 Å². The molecule has 0 fully saturated rings. The lowest BCUT2D eigenvalue weighted by Crippen LogP contribution is -2.30. The minimum Gasteiger partial charge on any atom is -0.481 e. The maximum atomic E-state index is 11.3. The number of esters is 1. The van der Waals surface area contributed by atoms with E-state index in [4.69, 9.17) is 5.11 Å². The monoisotopic (exact) mass is 222 g/mol. The number of rotatable bonds is 6. The molecule has 6 heteroatoms. The number of ether oxygens (including phenoxy) is 1. The average molecular weight is 222 g/mol. The molecule has 0 radical (unpaired) electrons. The Morgan fingerprint density at radius 1 is 1.43 bits per heavy atom. The molecule has 5 nitrogen and oxygen atoms in total. The van der Waals surface area contributed by atoms with E-state index in [1.165, 1.54) is 0 Å². The molecular formula is C8H14O5S. The first kappa shape index (κ1) is 13.1. The first-order chi connectivity index (χ1) is 6.52. The maximum absolute atomic E-state index is 11.3. The first-order valence-corrected chi connectivity index (χ1v) is 5.66. The zero-order valence-electron chi connectivity index (χ0n) is 8.19. The molecule has 1 N–H and O–H groups in total. The van der Waals surface area contributed by atoms with Gasteiger partial charge in [0.05, 0.1) is 6.61 Å². The standard InChI is InChI=1S/C8H14O5S/c1-3-6(8(11)13-4-2)14(12)5-7(9)10/h6H,3-5H2,1-2H3,(H,9,10). The molecule has 0 amide bonds. The lowest BCUT2D eigenvalue weighted by molar-refractivity contribution is -0.142. The van der Waals surface area contributed by atoms with E-state index < -0.39 is 33.7 Å². The van der Waals surface area contributed by atoms with Crippen molar-refractivity contribution in [2.75, 3.05) is 12.4 Å². The largest absolute Gasteiger partial charge is 0.481 e. The van der Waals surface area contributed by atoms with Gasteiger partial charge in [-0.25, -0.2) is 0 Å². The lowest BCUT2D eigenvalue weighted by atomic mass is 10.3. The molecule has 0 saturated carbocycles. The van der Waals surface area contributed by atoms with Gasteiger partial charge >= 0.3 is 11.9 Å². The fourth-order valence-corrected chi connectivity index (χ4v) is 2.02. The number of hydrogen-bond acceptors (Lipinski definition) is 4. The summed E-state index contributed by atoms with van der Waals surface area (Å²) >= 11 is 0. The second kappa shape index (κ2) is 6.53. The summed E-state index contributed by atoms with van der Waals surface area (Å²) in [4.78, 5) is 21.5. The molecule has 0 saturated heterocycles. The van der Waals surface area contributed by atoms with Crippen molar-refractivity contribution >= 4 is 22.7 Å². The zero-order valence-corrected chi connectivity index (χ0v) is 9.00. The van der Waals surface area contributed by atoms with Crippen LogP contribution in [0.4, 0.5) is 0 Å². The molecule has 2 atom stereocenters. The van der Waals surface area contributed by atoms with Crippen molar-refractivity contribution in [3.63, 3.8) is 0 Å². The second-order valence-electron chi connectivity index (χ2n) is 2.57. The second-order valence-corrected chi connectivity index (χ2v) is 4.19. The van der Waals surface area contributed by atoms with Crippen molar-refractivity contribution in [3.8, 4) is 0 Å². The molecule has 0 aromatic rings. The minimum absolute atomic E-state index is 0.208. The van der Waals surface area contributed by atoms with Gasteiger partial charge in [0.25, 0.3) is 0 Å². The van der Waals surface area contributed by atoms with Crippen molar-refractivity contribution in [2.45, 2.75) is 25.5 Å². The van der Waals surface area contributed by atoms with Gasteiger partial charge in [0.1, 0.15) is 11.0 Å². The van der Waals surface area contributed by atoms with Crippen molar-refractivity contribution in [2.24, 2.45) is 0 Å². The van der Waals surface area contributed by atoms with Crippen LogP contribution in [-0.4, -0.2) is 38.9 Å². The van der Waals surface area contributed by atoms with Crippen molar-refractivity contribution < 1.29 is 23.6 Å². The number of aliphatic carboxylic acids is 1. The Balaban J connectivity index is 4.32. The fraction of sp³-hybridized carbons (Fsp3) is 0.750. The third-order valence-corrected chi connectivity index (χ3v) is 3.20. The van der Waals surface area contributed by atoms with E-state index in [-0.39, 0.29) is 6.61 Å². The number of carbonyl (C=O) groups excluding carboxylic acids is 1. The summed E-state index contributed by atoms with van der Waals surface area (Å²) in [6.07, 6.45) is 0.318. The molecule has 0 aliphatic heterocycles. The van der Waals surface area contributed by atoms with E-state index in [9.17, 15) is 13.8 Å². The van der Waals surface area contributed by atoms with Crippen LogP contribution >= 0.6 is 0 Å². The Morgan fingerprint density at radius 3 is 2.36 bits per heavy atom. The molecular weight excluding hydrogens is 208 g/mol. The molecule has 0 aliphatic carbocycles. The zero-order chi connectivity index (χ0) is 11.1. The predicted octanol–water partition coefficient (Wildman–Crippen LogP) is 0.161. The molecule has 0 aromatic heterocycles. The van der Waals surface area contributed by atoms with Gasteiger partial charge in [0, 0.05) is 10.8 Å². The average Bonchev–Trinajstić information content (AvgIpc) is 2.04. The topological polar surface area (TPSA) is 80.7 Å². The molecule has 82 valence electrons. The van der Waals surface area contributed by atoms with E-state index in [1.54, 1.807) is 13.8 Å². The Hall–Kier alpha value is -0.910. The van der Waals surface area contributed by atoms with Gasteiger partial charge in [-0.2, -0.15) is 0 Å². The van der Waals surface area contributed by atoms with Gasteiger partial charge in [-0.1, -0.05) is 6.92 Å². The van der Waals surface area contributed by atoms with Crippen molar-refractivity contribution in [1.29, 1.82) is 0 Å². The van der Waals surface area contributed by atoms with Crippen LogP contribution in [-0.2, 0) is 25.1 Å². The van der Waals surface area contributed by atoms with E-state index in [0.29, 0.717) is 6.42 Å². The summed E-state index contributed by atoms with van der Waals surface area (Å²) in [7, 11) is -1.69. The third-order valence-electron chi connectivity index (χ3n) is 1.50. The highest BCUT2D eigenvalue weighted by Crippen LogP contribution is 2.05. The molecule has 0 bridgehead atoms. The van der Waals surface area contributed by atoms with Crippen LogP contribution in [0, 0.1) is 0 Å². The van der Waals surface area contributed by atoms with Gasteiger partial charge in [-0.15, -0.1) is 0 Å². The molecule has 0 heterocycles. The molecule has 0 aromatic carbocycles. The van der Waals surface area contributed by atoms with Crippen LogP contribution in [0.2, 0.25) is 0 Å². The van der Waals surface area contributed by atoms with Crippen LogP contribution < -0.4 is 0 Å². The molecule has 0 spiro atoms. The Bertz CT molecular complexity index is 238. The Labute approximate surface area is 84.9 Å². The molecule has 14 heavy (non-hydrogen) atoms. The maximum Gasteiger partial charge on any atom is 0.321 e. The van der Waals surface area contributed by atoms with Gasteiger partial charge in [0.2, 0.25) is 0 Å². The summed E-state index contributed by atoms with van der Waals surface area (Å²) in [5.74, 6) is -2.28. The van der Waals surface area contributed by atoms with Gasteiger partial charge < -0.3 is 9.84 Å². The normalized spacial score (nSPS) is 14.4. The lowest BCUT2D eigenvalue weighted by Gasteiger charge is -2.11. The molecule has 2 unspecified atom stereocenters. The van der Waals surface area contributed by atoms with Crippen molar-refractivity contribution in [3.05, 3.63) is 0 Å². The van der Waals surface area contributed by atoms with E-state index >= 15 is 0 Å².